The predicted molar refractivity (Wildman–Crippen MR) is 71.0 cm³/mol. The Bertz CT molecular complexity index is 558. The highest BCUT2D eigenvalue weighted by Crippen LogP contribution is 2.25. The Labute approximate surface area is 107 Å². The van der Waals surface area contributed by atoms with Crippen LogP contribution in [0.15, 0.2) is 22.7 Å². The molecular formula is C14H19N3O. The van der Waals surface area contributed by atoms with Crippen LogP contribution in [0.2, 0.25) is 0 Å². The van der Waals surface area contributed by atoms with Crippen molar-refractivity contribution in [1.29, 1.82) is 0 Å². The van der Waals surface area contributed by atoms with Gasteiger partial charge in [0.2, 0.25) is 0 Å². The molecule has 0 aliphatic carbocycles. The van der Waals surface area contributed by atoms with E-state index in [1.165, 1.54) is 5.56 Å². The van der Waals surface area contributed by atoms with Crippen molar-refractivity contribution in [1.82, 2.24) is 10.1 Å². The molecule has 1 atom stereocenters. The van der Waals surface area contributed by atoms with E-state index >= 15 is 0 Å². The maximum atomic E-state index is 6.11. The summed E-state index contributed by atoms with van der Waals surface area (Å²) in [6.45, 7) is 8.01. The fraction of sp³-hybridized carbons (Fsp3) is 0.429. The van der Waals surface area contributed by atoms with E-state index in [0.717, 1.165) is 17.5 Å². The molecular weight excluding hydrogens is 226 g/mol. The van der Waals surface area contributed by atoms with Crippen LogP contribution in [-0.4, -0.2) is 10.1 Å². The summed E-state index contributed by atoms with van der Waals surface area (Å²) in [6, 6.07) is 6.14. The van der Waals surface area contributed by atoms with Gasteiger partial charge in [0.05, 0.1) is 5.54 Å². The fourth-order valence-electron chi connectivity index (χ4n) is 1.78. The molecule has 0 bridgehead atoms. The molecule has 1 aromatic carbocycles. The molecule has 0 radical (unpaired) electrons. The third-order valence-corrected chi connectivity index (χ3v) is 3.28. The SMILES string of the molecule is CCC(C)(N)c1noc(-c2ccc(C)cc2C)n1. The van der Waals surface area contributed by atoms with Crippen LogP contribution in [0.25, 0.3) is 11.5 Å². The summed E-state index contributed by atoms with van der Waals surface area (Å²) < 4.78 is 5.32. The van der Waals surface area contributed by atoms with E-state index in [2.05, 4.69) is 23.1 Å². The summed E-state index contributed by atoms with van der Waals surface area (Å²) >= 11 is 0. The molecule has 0 fully saturated rings. The van der Waals surface area contributed by atoms with E-state index in [1.54, 1.807) is 0 Å². The number of aryl methyl sites for hydroxylation is 2. The van der Waals surface area contributed by atoms with Gasteiger partial charge in [0.15, 0.2) is 5.82 Å². The molecule has 0 aliphatic heterocycles. The second-order valence-corrected chi connectivity index (χ2v) is 5.01. The lowest BCUT2D eigenvalue weighted by atomic mass is 10.00. The molecule has 0 aliphatic rings. The Morgan fingerprint density at radius 3 is 2.67 bits per heavy atom. The number of benzene rings is 1. The summed E-state index contributed by atoms with van der Waals surface area (Å²) in [5.74, 6) is 1.09. The lowest BCUT2D eigenvalue weighted by Crippen LogP contribution is -2.33. The number of nitrogens with zero attached hydrogens (tertiary/aromatic N) is 2. The first-order valence-corrected chi connectivity index (χ1v) is 6.14. The Morgan fingerprint density at radius 2 is 2.06 bits per heavy atom. The smallest absolute Gasteiger partial charge is 0.258 e. The van der Waals surface area contributed by atoms with E-state index in [9.17, 15) is 0 Å². The van der Waals surface area contributed by atoms with E-state index < -0.39 is 5.54 Å². The quantitative estimate of drug-likeness (QED) is 0.903. The highest BCUT2D eigenvalue weighted by molar-refractivity contribution is 5.58. The Balaban J connectivity index is 2.41. The van der Waals surface area contributed by atoms with Crippen molar-refractivity contribution in [3.8, 4) is 11.5 Å². The number of hydrogen-bond acceptors (Lipinski definition) is 4. The van der Waals surface area contributed by atoms with Crippen LogP contribution in [0.4, 0.5) is 0 Å². The molecule has 18 heavy (non-hydrogen) atoms. The molecule has 0 saturated heterocycles. The van der Waals surface area contributed by atoms with Crippen LogP contribution in [0, 0.1) is 13.8 Å². The van der Waals surface area contributed by atoms with Gasteiger partial charge in [-0.05, 0) is 38.8 Å². The standard InChI is InChI=1S/C14H19N3O/c1-5-14(4,15)13-16-12(18-17-13)11-7-6-9(2)8-10(11)3/h6-8H,5,15H2,1-4H3. The Morgan fingerprint density at radius 1 is 1.33 bits per heavy atom. The van der Waals surface area contributed by atoms with Crippen LogP contribution in [-0.2, 0) is 5.54 Å². The molecule has 0 spiro atoms. The average molecular weight is 245 g/mol. The summed E-state index contributed by atoms with van der Waals surface area (Å²) in [6.07, 6.45) is 0.763. The first-order chi connectivity index (χ1) is 8.44. The number of rotatable bonds is 3. The van der Waals surface area contributed by atoms with Crippen molar-refractivity contribution >= 4 is 0 Å². The van der Waals surface area contributed by atoms with Gasteiger partial charge in [-0.3, -0.25) is 0 Å². The molecule has 0 amide bonds. The summed E-state index contributed by atoms with van der Waals surface area (Å²) in [5, 5.41) is 3.99. The lowest BCUT2D eigenvalue weighted by molar-refractivity contribution is 0.379. The van der Waals surface area contributed by atoms with Gasteiger partial charge in [-0.25, -0.2) is 0 Å². The van der Waals surface area contributed by atoms with Gasteiger partial charge in [0.25, 0.3) is 5.89 Å². The maximum Gasteiger partial charge on any atom is 0.258 e. The molecule has 1 aromatic heterocycles. The van der Waals surface area contributed by atoms with Crippen molar-refractivity contribution in [3.05, 3.63) is 35.2 Å². The van der Waals surface area contributed by atoms with Gasteiger partial charge in [0.1, 0.15) is 0 Å². The molecule has 2 N–H and O–H groups in total. The van der Waals surface area contributed by atoms with E-state index in [1.807, 2.05) is 32.9 Å². The zero-order valence-electron chi connectivity index (χ0n) is 11.3. The lowest BCUT2D eigenvalue weighted by Gasteiger charge is -2.16. The number of aromatic nitrogens is 2. The van der Waals surface area contributed by atoms with Gasteiger partial charge in [-0.15, -0.1) is 0 Å². The van der Waals surface area contributed by atoms with Crippen LogP contribution in [0.1, 0.15) is 37.2 Å². The highest BCUT2D eigenvalue weighted by atomic mass is 16.5. The second-order valence-electron chi connectivity index (χ2n) is 5.01. The Hall–Kier alpha value is -1.68. The first-order valence-electron chi connectivity index (χ1n) is 6.14. The average Bonchev–Trinajstić information content (AvgIpc) is 2.79. The molecule has 96 valence electrons. The topological polar surface area (TPSA) is 64.9 Å². The van der Waals surface area contributed by atoms with E-state index in [4.69, 9.17) is 10.3 Å². The van der Waals surface area contributed by atoms with Gasteiger partial charge in [-0.2, -0.15) is 4.98 Å². The molecule has 2 aromatic rings. The number of hydrogen-bond donors (Lipinski definition) is 1. The zero-order valence-corrected chi connectivity index (χ0v) is 11.3. The van der Waals surface area contributed by atoms with Gasteiger partial charge < -0.3 is 10.3 Å². The minimum Gasteiger partial charge on any atom is -0.334 e. The third kappa shape index (κ3) is 2.29. The van der Waals surface area contributed by atoms with Crippen LogP contribution >= 0.6 is 0 Å². The highest BCUT2D eigenvalue weighted by Gasteiger charge is 2.25. The van der Waals surface area contributed by atoms with Crippen molar-refractivity contribution in [3.63, 3.8) is 0 Å². The normalized spacial score (nSPS) is 14.5. The van der Waals surface area contributed by atoms with Crippen molar-refractivity contribution in [2.24, 2.45) is 5.73 Å². The zero-order chi connectivity index (χ0) is 13.3. The van der Waals surface area contributed by atoms with E-state index in [0.29, 0.717) is 11.7 Å². The van der Waals surface area contributed by atoms with Gasteiger partial charge >= 0.3 is 0 Å². The molecule has 1 heterocycles. The Kier molecular flexibility index (Phi) is 3.22. The third-order valence-electron chi connectivity index (χ3n) is 3.28. The maximum absolute atomic E-state index is 6.11. The van der Waals surface area contributed by atoms with E-state index in [-0.39, 0.29) is 0 Å². The minimum atomic E-state index is -0.541. The predicted octanol–water partition coefficient (Wildman–Crippen LogP) is 2.94. The van der Waals surface area contributed by atoms with Crippen LogP contribution < -0.4 is 5.73 Å². The fourth-order valence-corrected chi connectivity index (χ4v) is 1.78. The second kappa shape index (κ2) is 4.53. The minimum absolute atomic E-state index is 0.535. The van der Waals surface area contributed by atoms with Gasteiger partial charge in [-0.1, -0.05) is 29.8 Å². The molecule has 4 heteroatoms. The molecule has 1 unspecified atom stereocenters. The first kappa shape index (κ1) is 12.8. The molecule has 4 nitrogen and oxygen atoms in total. The van der Waals surface area contributed by atoms with Crippen molar-refractivity contribution in [2.75, 3.05) is 0 Å². The molecule has 0 saturated carbocycles. The monoisotopic (exact) mass is 245 g/mol. The molecule has 2 rings (SSSR count). The largest absolute Gasteiger partial charge is 0.334 e. The number of nitrogens with two attached hydrogens (primary N) is 1. The summed E-state index contributed by atoms with van der Waals surface area (Å²) in [7, 11) is 0. The van der Waals surface area contributed by atoms with Crippen LogP contribution in [0.5, 0.6) is 0 Å². The summed E-state index contributed by atoms with van der Waals surface area (Å²) in [5.41, 5.74) is 8.87. The van der Waals surface area contributed by atoms with Crippen molar-refractivity contribution < 1.29 is 4.52 Å². The van der Waals surface area contributed by atoms with Crippen molar-refractivity contribution in [2.45, 2.75) is 39.7 Å². The van der Waals surface area contributed by atoms with Gasteiger partial charge in [0, 0.05) is 5.56 Å². The summed E-state index contributed by atoms with van der Waals surface area (Å²) in [4.78, 5) is 4.41. The van der Waals surface area contributed by atoms with Crippen LogP contribution in [0.3, 0.4) is 0 Å².